The largest absolute Gasteiger partial charge is 0.478 e. The van der Waals surface area contributed by atoms with E-state index >= 15 is 0 Å². The van der Waals surface area contributed by atoms with E-state index in [9.17, 15) is 9.59 Å². The first-order chi connectivity index (χ1) is 9.41. The molecule has 1 aromatic heterocycles. The topological polar surface area (TPSA) is 84.2 Å². The average Bonchev–Trinajstić information content (AvgIpc) is 2.65. The predicted octanol–water partition coefficient (Wildman–Crippen LogP) is 1.99. The van der Waals surface area contributed by atoms with E-state index in [4.69, 9.17) is 5.11 Å². The molecule has 20 heavy (non-hydrogen) atoms. The molecule has 0 aliphatic heterocycles. The molecule has 1 heterocycles. The van der Waals surface area contributed by atoms with Gasteiger partial charge >= 0.3 is 5.97 Å². The summed E-state index contributed by atoms with van der Waals surface area (Å²) in [7, 11) is 1.78. The summed E-state index contributed by atoms with van der Waals surface area (Å²) < 4.78 is 1.66. The first kappa shape index (κ1) is 13.8. The summed E-state index contributed by atoms with van der Waals surface area (Å²) in [6.45, 7) is 3.62. The van der Waals surface area contributed by atoms with E-state index in [1.807, 2.05) is 6.92 Å². The Hall–Kier alpha value is -2.63. The van der Waals surface area contributed by atoms with Crippen LogP contribution in [0.15, 0.2) is 24.3 Å². The Morgan fingerprint density at radius 1 is 1.20 bits per heavy atom. The lowest BCUT2D eigenvalue weighted by molar-refractivity contribution is 0.0692. The van der Waals surface area contributed by atoms with Gasteiger partial charge in [-0.2, -0.15) is 5.10 Å². The number of carbonyl (C=O) groups is 2. The van der Waals surface area contributed by atoms with Crippen molar-refractivity contribution < 1.29 is 14.7 Å². The van der Waals surface area contributed by atoms with E-state index in [-0.39, 0.29) is 11.1 Å². The number of carboxylic acid groups (broad SMARTS) is 1. The fourth-order valence-corrected chi connectivity index (χ4v) is 2.00. The first-order valence-electron chi connectivity index (χ1n) is 6.05. The maximum Gasteiger partial charge on any atom is 0.336 e. The quantitative estimate of drug-likeness (QED) is 0.895. The molecule has 2 rings (SSSR count). The van der Waals surface area contributed by atoms with Gasteiger partial charge in [0.15, 0.2) is 0 Å². The lowest BCUT2D eigenvalue weighted by atomic mass is 10.1. The number of aryl methyl sites for hydroxylation is 2. The molecule has 0 saturated heterocycles. The van der Waals surface area contributed by atoms with Crippen molar-refractivity contribution in [3.63, 3.8) is 0 Å². The van der Waals surface area contributed by atoms with Crippen molar-refractivity contribution in [3.8, 4) is 0 Å². The number of aromatic nitrogens is 2. The summed E-state index contributed by atoms with van der Waals surface area (Å²) in [4.78, 5) is 23.4. The summed E-state index contributed by atoms with van der Waals surface area (Å²) in [5, 5.41) is 16.0. The van der Waals surface area contributed by atoms with Crippen LogP contribution in [0.4, 0.5) is 5.69 Å². The summed E-state index contributed by atoms with van der Waals surface area (Å²) in [5.41, 5.74) is 2.21. The van der Waals surface area contributed by atoms with Crippen LogP contribution in [-0.2, 0) is 7.05 Å². The highest BCUT2D eigenvalue weighted by molar-refractivity contribution is 6.11. The maximum atomic E-state index is 12.2. The van der Waals surface area contributed by atoms with Gasteiger partial charge in [-0.3, -0.25) is 9.48 Å². The Balaban J connectivity index is 2.36. The molecule has 0 saturated carbocycles. The van der Waals surface area contributed by atoms with Gasteiger partial charge in [0.25, 0.3) is 5.91 Å². The first-order valence-corrected chi connectivity index (χ1v) is 6.05. The minimum absolute atomic E-state index is 0.0239. The molecule has 1 amide bonds. The van der Waals surface area contributed by atoms with E-state index in [2.05, 4.69) is 10.4 Å². The molecular formula is C14H15N3O3. The van der Waals surface area contributed by atoms with E-state index in [0.717, 1.165) is 5.69 Å². The molecule has 0 radical (unpaired) electrons. The minimum Gasteiger partial charge on any atom is -0.478 e. The molecule has 0 spiro atoms. The second-order valence-electron chi connectivity index (χ2n) is 4.47. The van der Waals surface area contributed by atoms with Gasteiger partial charge in [0.1, 0.15) is 0 Å². The predicted molar refractivity (Wildman–Crippen MR) is 74.0 cm³/mol. The molecule has 0 aliphatic carbocycles. The number of hydrogen-bond acceptors (Lipinski definition) is 3. The lowest BCUT2D eigenvalue weighted by Gasteiger charge is -2.08. The molecule has 104 valence electrons. The number of hydrogen-bond donors (Lipinski definition) is 2. The van der Waals surface area contributed by atoms with E-state index in [0.29, 0.717) is 11.4 Å². The fourth-order valence-electron chi connectivity index (χ4n) is 2.00. The van der Waals surface area contributed by atoms with Crippen molar-refractivity contribution in [1.82, 2.24) is 9.78 Å². The van der Waals surface area contributed by atoms with Gasteiger partial charge in [-0.1, -0.05) is 12.1 Å². The number of amides is 1. The molecule has 0 aliphatic rings. The fraction of sp³-hybridized carbons (Fsp3) is 0.214. The Bertz CT molecular complexity index is 689. The van der Waals surface area contributed by atoms with Crippen LogP contribution in [0.5, 0.6) is 0 Å². The Kier molecular flexibility index (Phi) is 3.56. The van der Waals surface area contributed by atoms with Crippen molar-refractivity contribution >= 4 is 17.6 Å². The molecular weight excluding hydrogens is 258 g/mol. The molecule has 6 heteroatoms. The van der Waals surface area contributed by atoms with Gasteiger partial charge in [0.2, 0.25) is 0 Å². The number of aromatic carboxylic acids is 1. The Morgan fingerprint density at radius 3 is 2.30 bits per heavy atom. The number of benzene rings is 1. The molecule has 6 nitrogen and oxygen atoms in total. The minimum atomic E-state index is -1.13. The van der Waals surface area contributed by atoms with Crippen LogP contribution in [-0.4, -0.2) is 26.8 Å². The van der Waals surface area contributed by atoms with Gasteiger partial charge in [-0.15, -0.1) is 0 Å². The third-order valence-corrected chi connectivity index (χ3v) is 3.15. The normalized spacial score (nSPS) is 10.3. The standard InChI is InChI=1S/C14H15N3O3/c1-8-12(9(2)17(3)16-8)15-13(18)10-6-4-5-7-11(10)14(19)20/h4-7H,1-3H3,(H,15,18)(H,19,20). The number of nitrogens with zero attached hydrogens (tertiary/aromatic N) is 2. The summed E-state index contributed by atoms with van der Waals surface area (Å²) in [6.07, 6.45) is 0. The van der Waals surface area contributed by atoms with Crippen LogP contribution >= 0.6 is 0 Å². The monoisotopic (exact) mass is 273 g/mol. The van der Waals surface area contributed by atoms with Gasteiger partial charge in [0.05, 0.1) is 28.2 Å². The van der Waals surface area contributed by atoms with Gasteiger partial charge in [-0.05, 0) is 26.0 Å². The number of carboxylic acids is 1. The molecule has 2 aromatic rings. The van der Waals surface area contributed by atoms with Crippen LogP contribution in [0, 0.1) is 13.8 Å². The van der Waals surface area contributed by atoms with Crippen LogP contribution in [0.1, 0.15) is 32.1 Å². The van der Waals surface area contributed by atoms with Crippen molar-refractivity contribution in [2.24, 2.45) is 7.05 Å². The van der Waals surface area contributed by atoms with E-state index in [1.54, 1.807) is 30.8 Å². The number of carbonyl (C=O) groups excluding carboxylic acids is 1. The average molecular weight is 273 g/mol. The third kappa shape index (κ3) is 2.40. The highest BCUT2D eigenvalue weighted by atomic mass is 16.4. The maximum absolute atomic E-state index is 12.2. The zero-order valence-corrected chi connectivity index (χ0v) is 11.5. The van der Waals surface area contributed by atoms with Gasteiger partial charge < -0.3 is 10.4 Å². The second kappa shape index (κ2) is 5.16. The number of rotatable bonds is 3. The van der Waals surface area contributed by atoms with E-state index < -0.39 is 11.9 Å². The van der Waals surface area contributed by atoms with Crippen molar-refractivity contribution in [3.05, 3.63) is 46.8 Å². The Morgan fingerprint density at radius 2 is 1.80 bits per heavy atom. The molecule has 2 N–H and O–H groups in total. The lowest BCUT2D eigenvalue weighted by Crippen LogP contribution is -2.17. The van der Waals surface area contributed by atoms with E-state index in [1.165, 1.54) is 12.1 Å². The van der Waals surface area contributed by atoms with Gasteiger partial charge in [0, 0.05) is 7.05 Å². The zero-order chi connectivity index (χ0) is 14.9. The molecule has 0 bridgehead atoms. The van der Waals surface area contributed by atoms with Crippen molar-refractivity contribution in [2.45, 2.75) is 13.8 Å². The highest BCUT2D eigenvalue weighted by Crippen LogP contribution is 2.20. The molecule has 0 unspecified atom stereocenters. The smallest absolute Gasteiger partial charge is 0.336 e. The zero-order valence-electron chi connectivity index (χ0n) is 11.5. The second-order valence-corrected chi connectivity index (χ2v) is 4.47. The molecule has 0 fully saturated rings. The van der Waals surface area contributed by atoms with Crippen LogP contribution < -0.4 is 5.32 Å². The Labute approximate surface area is 116 Å². The van der Waals surface area contributed by atoms with Crippen molar-refractivity contribution in [2.75, 3.05) is 5.32 Å². The van der Waals surface area contributed by atoms with Crippen LogP contribution in [0.3, 0.4) is 0 Å². The number of anilines is 1. The van der Waals surface area contributed by atoms with Crippen LogP contribution in [0.25, 0.3) is 0 Å². The number of nitrogens with one attached hydrogen (secondary N) is 1. The van der Waals surface area contributed by atoms with Crippen molar-refractivity contribution in [1.29, 1.82) is 0 Å². The highest BCUT2D eigenvalue weighted by Gasteiger charge is 2.18. The summed E-state index contributed by atoms with van der Waals surface area (Å²) >= 11 is 0. The van der Waals surface area contributed by atoms with Gasteiger partial charge in [-0.25, -0.2) is 4.79 Å². The molecule has 0 atom stereocenters. The SMILES string of the molecule is Cc1nn(C)c(C)c1NC(=O)c1ccccc1C(=O)O. The molecule has 1 aromatic carbocycles. The van der Waals surface area contributed by atoms with Crippen LogP contribution in [0.2, 0.25) is 0 Å². The summed E-state index contributed by atoms with van der Waals surface area (Å²) in [6, 6.07) is 6.10. The summed E-state index contributed by atoms with van der Waals surface area (Å²) in [5.74, 6) is -1.59. The third-order valence-electron chi connectivity index (χ3n) is 3.15.